The average molecular weight is 460 g/mol. The molecule has 5 nitrogen and oxygen atoms in total. The van der Waals surface area contributed by atoms with Crippen molar-refractivity contribution in [2.24, 2.45) is 0 Å². The van der Waals surface area contributed by atoms with Gasteiger partial charge in [0.1, 0.15) is 0 Å². The van der Waals surface area contributed by atoms with Crippen LogP contribution in [0.1, 0.15) is 34.5 Å². The SMILES string of the molecule is Cc1nn(-c2cccc(C(F)(F)F)c2)c(C)c1CC(=O)NCCCOCCc1ccccc1. The van der Waals surface area contributed by atoms with Crippen molar-refractivity contribution < 1.29 is 22.7 Å². The van der Waals surface area contributed by atoms with Crippen LogP contribution in [0.2, 0.25) is 0 Å². The van der Waals surface area contributed by atoms with Gasteiger partial charge in [-0.3, -0.25) is 4.79 Å². The minimum atomic E-state index is -4.43. The van der Waals surface area contributed by atoms with Gasteiger partial charge in [-0.25, -0.2) is 4.68 Å². The maximum Gasteiger partial charge on any atom is 0.416 e. The van der Waals surface area contributed by atoms with Crippen LogP contribution in [0.4, 0.5) is 13.2 Å². The predicted molar refractivity (Wildman–Crippen MR) is 120 cm³/mol. The number of alkyl halides is 3. The normalized spacial score (nSPS) is 11.5. The maximum absolute atomic E-state index is 13.0. The topological polar surface area (TPSA) is 56.2 Å². The van der Waals surface area contributed by atoms with E-state index >= 15 is 0 Å². The Morgan fingerprint density at radius 2 is 1.82 bits per heavy atom. The fourth-order valence-corrected chi connectivity index (χ4v) is 3.56. The average Bonchev–Trinajstić information content (AvgIpc) is 3.07. The van der Waals surface area contributed by atoms with Crippen LogP contribution in [-0.4, -0.2) is 35.4 Å². The smallest absolute Gasteiger partial charge is 0.381 e. The highest BCUT2D eigenvalue weighted by molar-refractivity contribution is 5.79. The molecule has 1 heterocycles. The van der Waals surface area contributed by atoms with Crippen LogP contribution < -0.4 is 5.32 Å². The molecule has 1 N–H and O–H groups in total. The van der Waals surface area contributed by atoms with Crippen molar-refractivity contribution in [1.82, 2.24) is 15.1 Å². The molecule has 1 aromatic heterocycles. The van der Waals surface area contributed by atoms with Crippen LogP contribution in [0.5, 0.6) is 0 Å². The fraction of sp³-hybridized carbons (Fsp3) is 0.360. The van der Waals surface area contributed by atoms with Crippen LogP contribution in [0.3, 0.4) is 0 Å². The van der Waals surface area contributed by atoms with E-state index in [0.29, 0.717) is 48.8 Å². The molecule has 0 atom stereocenters. The number of hydrogen-bond acceptors (Lipinski definition) is 3. The summed E-state index contributed by atoms with van der Waals surface area (Å²) in [7, 11) is 0. The number of aryl methyl sites for hydroxylation is 1. The highest BCUT2D eigenvalue weighted by atomic mass is 19.4. The standard InChI is InChI=1S/C25H28F3N3O2/c1-18-23(19(2)31(30-18)22-11-6-10-21(16-22)25(26,27)28)17-24(32)29-13-7-14-33-15-12-20-8-4-3-5-9-20/h3-6,8-11,16H,7,12-15,17H2,1-2H3,(H,29,32). The Morgan fingerprint density at radius 1 is 1.06 bits per heavy atom. The largest absolute Gasteiger partial charge is 0.416 e. The van der Waals surface area contributed by atoms with Crippen LogP contribution in [0.25, 0.3) is 5.69 Å². The van der Waals surface area contributed by atoms with Crippen molar-refractivity contribution in [2.45, 2.75) is 39.3 Å². The molecule has 0 saturated heterocycles. The lowest BCUT2D eigenvalue weighted by atomic mass is 10.1. The number of hydrogen-bond donors (Lipinski definition) is 1. The summed E-state index contributed by atoms with van der Waals surface area (Å²) < 4.78 is 46.2. The predicted octanol–water partition coefficient (Wildman–Crippen LogP) is 4.82. The number of benzene rings is 2. The van der Waals surface area contributed by atoms with Crippen LogP contribution in [0.15, 0.2) is 54.6 Å². The molecule has 2 aromatic carbocycles. The number of nitrogens with one attached hydrogen (secondary N) is 1. The monoisotopic (exact) mass is 459 g/mol. The Hall–Kier alpha value is -3.13. The van der Waals surface area contributed by atoms with Gasteiger partial charge in [-0.15, -0.1) is 0 Å². The molecule has 33 heavy (non-hydrogen) atoms. The molecule has 0 saturated carbocycles. The van der Waals surface area contributed by atoms with E-state index in [1.54, 1.807) is 19.9 Å². The Kier molecular flexibility index (Phi) is 8.27. The van der Waals surface area contributed by atoms with Crippen molar-refractivity contribution >= 4 is 5.91 Å². The lowest BCUT2D eigenvalue weighted by Crippen LogP contribution is -2.27. The molecule has 0 spiro atoms. The molecule has 3 rings (SSSR count). The molecule has 3 aromatic rings. The Labute approximate surface area is 191 Å². The summed E-state index contributed by atoms with van der Waals surface area (Å²) in [6, 6.07) is 15.1. The van der Waals surface area contributed by atoms with Crippen LogP contribution in [0, 0.1) is 13.8 Å². The quantitative estimate of drug-likeness (QED) is 0.443. The molecule has 0 unspecified atom stereocenters. The highest BCUT2D eigenvalue weighted by Gasteiger charge is 2.30. The van der Waals surface area contributed by atoms with Gasteiger partial charge in [0, 0.05) is 24.4 Å². The second-order valence-electron chi connectivity index (χ2n) is 7.84. The van der Waals surface area contributed by atoms with Gasteiger partial charge in [-0.1, -0.05) is 36.4 Å². The number of nitrogens with zero attached hydrogens (tertiary/aromatic N) is 2. The molecule has 176 valence electrons. The third kappa shape index (κ3) is 6.92. The van der Waals surface area contributed by atoms with Crippen molar-refractivity contribution in [1.29, 1.82) is 0 Å². The number of carbonyl (C=O) groups excluding carboxylic acids is 1. The van der Waals surface area contributed by atoms with E-state index in [-0.39, 0.29) is 12.3 Å². The van der Waals surface area contributed by atoms with Crippen LogP contribution in [-0.2, 0) is 28.5 Å². The van der Waals surface area contributed by atoms with Crippen molar-refractivity contribution in [3.8, 4) is 5.69 Å². The summed E-state index contributed by atoms with van der Waals surface area (Å²) in [4.78, 5) is 12.4. The lowest BCUT2D eigenvalue weighted by Gasteiger charge is -2.10. The third-order valence-corrected chi connectivity index (χ3v) is 5.36. The Bertz CT molecular complexity index is 1060. The van der Waals surface area contributed by atoms with E-state index in [1.165, 1.54) is 16.3 Å². The number of carbonyl (C=O) groups is 1. The summed E-state index contributed by atoms with van der Waals surface area (Å²) in [5.74, 6) is -0.158. The minimum Gasteiger partial charge on any atom is -0.381 e. The minimum absolute atomic E-state index is 0.117. The summed E-state index contributed by atoms with van der Waals surface area (Å²) >= 11 is 0. The molecule has 0 fully saturated rings. The zero-order chi connectivity index (χ0) is 23.8. The number of halogens is 3. The molecular weight excluding hydrogens is 431 g/mol. The zero-order valence-electron chi connectivity index (χ0n) is 18.8. The molecule has 0 aliphatic rings. The van der Waals surface area contributed by atoms with E-state index < -0.39 is 11.7 Å². The summed E-state index contributed by atoms with van der Waals surface area (Å²) in [5, 5.41) is 7.23. The van der Waals surface area contributed by atoms with E-state index in [2.05, 4.69) is 22.5 Å². The molecule has 0 radical (unpaired) electrons. The first-order chi connectivity index (χ1) is 15.8. The number of aromatic nitrogens is 2. The summed E-state index contributed by atoms with van der Waals surface area (Å²) in [6.45, 7) is 5.18. The van der Waals surface area contributed by atoms with Gasteiger partial charge in [0.15, 0.2) is 0 Å². The van der Waals surface area contributed by atoms with Gasteiger partial charge in [0.05, 0.1) is 30.0 Å². The maximum atomic E-state index is 13.0. The van der Waals surface area contributed by atoms with Gasteiger partial charge < -0.3 is 10.1 Å². The van der Waals surface area contributed by atoms with Gasteiger partial charge in [0.2, 0.25) is 5.91 Å². The van der Waals surface area contributed by atoms with Gasteiger partial charge in [0.25, 0.3) is 0 Å². The van der Waals surface area contributed by atoms with Crippen LogP contribution >= 0.6 is 0 Å². The molecule has 0 bridgehead atoms. The van der Waals surface area contributed by atoms with E-state index in [9.17, 15) is 18.0 Å². The molecule has 0 aliphatic carbocycles. The van der Waals surface area contributed by atoms with Crippen molar-refractivity contribution in [2.75, 3.05) is 19.8 Å². The first kappa shape index (κ1) is 24.5. The first-order valence-corrected chi connectivity index (χ1v) is 10.9. The van der Waals surface area contributed by atoms with Crippen molar-refractivity contribution in [3.05, 3.63) is 82.7 Å². The molecule has 8 heteroatoms. The molecule has 1 amide bonds. The van der Waals surface area contributed by atoms with E-state index in [4.69, 9.17) is 4.74 Å². The van der Waals surface area contributed by atoms with Crippen molar-refractivity contribution in [3.63, 3.8) is 0 Å². The van der Waals surface area contributed by atoms with E-state index in [1.807, 2.05) is 18.2 Å². The molecular formula is C25H28F3N3O2. The lowest BCUT2D eigenvalue weighted by molar-refractivity contribution is -0.137. The zero-order valence-corrected chi connectivity index (χ0v) is 18.8. The number of rotatable bonds is 10. The first-order valence-electron chi connectivity index (χ1n) is 10.9. The van der Waals surface area contributed by atoms with Gasteiger partial charge in [-0.05, 0) is 50.5 Å². The molecule has 0 aliphatic heterocycles. The Morgan fingerprint density at radius 3 is 2.55 bits per heavy atom. The Balaban J connectivity index is 1.47. The number of ether oxygens (including phenoxy) is 1. The van der Waals surface area contributed by atoms with Gasteiger partial charge in [-0.2, -0.15) is 18.3 Å². The second kappa shape index (κ2) is 11.1. The fourth-order valence-electron chi connectivity index (χ4n) is 3.56. The highest BCUT2D eigenvalue weighted by Crippen LogP contribution is 2.30. The summed E-state index contributed by atoms with van der Waals surface area (Å²) in [5.41, 5.74) is 2.77. The second-order valence-corrected chi connectivity index (χ2v) is 7.84. The van der Waals surface area contributed by atoms with Gasteiger partial charge >= 0.3 is 6.18 Å². The third-order valence-electron chi connectivity index (χ3n) is 5.36. The van der Waals surface area contributed by atoms with E-state index in [0.717, 1.165) is 18.6 Å². The number of amides is 1. The summed E-state index contributed by atoms with van der Waals surface area (Å²) in [6.07, 6.45) is -2.77.